The van der Waals surface area contributed by atoms with Gasteiger partial charge in [-0.05, 0) is 44.0 Å². The van der Waals surface area contributed by atoms with E-state index < -0.39 is 28.1 Å². The lowest BCUT2D eigenvalue weighted by Crippen LogP contribution is -2.45. The molecular formula is C21H28N2O7S. The van der Waals surface area contributed by atoms with Crippen LogP contribution in [0, 0.1) is 11.8 Å². The largest absolute Gasteiger partial charge is 0.481 e. The first-order chi connectivity index (χ1) is 14.8. The summed E-state index contributed by atoms with van der Waals surface area (Å²) in [5, 5.41) is 9.63. The molecule has 1 unspecified atom stereocenters. The van der Waals surface area contributed by atoms with Crippen molar-refractivity contribution in [1.29, 1.82) is 0 Å². The van der Waals surface area contributed by atoms with Crippen molar-refractivity contribution < 1.29 is 32.6 Å². The van der Waals surface area contributed by atoms with Gasteiger partial charge >= 0.3 is 12.1 Å². The van der Waals surface area contributed by atoms with Crippen LogP contribution in [0.15, 0.2) is 29.2 Å². The highest BCUT2D eigenvalue weighted by Crippen LogP contribution is 2.24. The van der Waals surface area contributed by atoms with Crippen LogP contribution in [0.1, 0.15) is 33.1 Å². The van der Waals surface area contributed by atoms with Gasteiger partial charge in [-0.1, -0.05) is 19.3 Å². The van der Waals surface area contributed by atoms with Crippen LogP contribution in [0.3, 0.4) is 0 Å². The number of hydrogen-bond donors (Lipinski definition) is 1. The van der Waals surface area contributed by atoms with E-state index in [1.807, 2.05) is 6.92 Å². The van der Waals surface area contributed by atoms with Crippen LogP contribution in [-0.2, 0) is 19.6 Å². The Morgan fingerprint density at radius 1 is 1.19 bits per heavy atom. The predicted octanol–water partition coefficient (Wildman–Crippen LogP) is 2.17. The highest BCUT2D eigenvalue weighted by atomic mass is 32.2. The lowest BCUT2D eigenvalue weighted by atomic mass is 10.2. The number of aliphatic carboxylic acids is 1. The Morgan fingerprint density at radius 3 is 2.52 bits per heavy atom. The van der Waals surface area contributed by atoms with Gasteiger partial charge in [0.05, 0.1) is 11.5 Å². The summed E-state index contributed by atoms with van der Waals surface area (Å²) in [6, 6.07) is 4.44. The predicted molar refractivity (Wildman–Crippen MR) is 113 cm³/mol. The molecule has 2 rings (SSSR count). The fraction of sp³-hybridized carbons (Fsp3) is 0.524. The summed E-state index contributed by atoms with van der Waals surface area (Å²) in [6.45, 7) is 4.11. The molecule has 1 heterocycles. The number of unbranched alkanes of at least 4 members (excludes halogenated alkanes) is 1. The number of ether oxygens (including phenoxy) is 2. The van der Waals surface area contributed by atoms with Gasteiger partial charge in [0.2, 0.25) is 10.0 Å². The average molecular weight is 453 g/mol. The van der Waals surface area contributed by atoms with Crippen molar-refractivity contribution in [2.45, 2.75) is 44.0 Å². The number of nitrogens with zero attached hydrogens (tertiary/aromatic N) is 2. The van der Waals surface area contributed by atoms with Crippen LogP contribution in [0.4, 0.5) is 4.79 Å². The van der Waals surface area contributed by atoms with Crippen molar-refractivity contribution in [3.63, 3.8) is 0 Å². The fourth-order valence-corrected chi connectivity index (χ4v) is 4.66. The van der Waals surface area contributed by atoms with Crippen molar-refractivity contribution in [2.75, 3.05) is 32.8 Å². The molecule has 1 atom stereocenters. The van der Waals surface area contributed by atoms with Gasteiger partial charge in [-0.15, -0.1) is 5.92 Å². The SMILES string of the molecule is CC#CCOc1ccc(S(=O)(=O)N2CCN(C(=O)OCCCC)CCC2C(=O)O)cc1. The Kier molecular flexibility index (Phi) is 9.15. The zero-order chi connectivity index (χ0) is 22.9. The monoisotopic (exact) mass is 452 g/mol. The first-order valence-corrected chi connectivity index (χ1v) is 11.5. The number of amides is 1. The summed E-state index contributed by atoms with van der Waals surface area (Å²) in [4.78, 5) is 25.4. The van der Waals surface area contributed by atoms with Crippen molar-refractivity contribution in [1.82, 2.24) is 9.21 Å². The standard InChI is InChI=1S/C21H28N2O7S/c1-3-5-15-29-17-7-9-18(10-8-17)31(27,28)23-14-13-22(12-11-19(23)20(24)25)21(26)30-16-6-4-2/h7-10,19H,4,6,11-16H2,1-2H3,(H,24,25). The molecule has 0 bridgehead atoms. The summed E-state index contributed by atoms with van der Waals surface area (Å²) in [5.41, 5.74) is 0. The molecule has 1 fully saturated rings. The fourth-order valence-electron chi connectivity index (χ4n) is 3.06. The highest BCUT2D eigenvalue weighted by Gasteiger charge is 2.39. The lowest BCUT2D eigenvalue weighted by Gasteiger charge is -2.25. The second kappa shape index (κ2) is 11.6. The van der Waals surface area contributed by atoms with Gasteiger partial charge in [0.15, 0.2) is 0 Å². The minimum atomic E-state index is -4.10. The topological polar surface area (TPSA) is 113 Å². The van der Waals surface area contributed by atoms with E-state index in [-0.39, 0.29) is 44.2 Å². The molecule has 1 N–H and O–H groups in total. The summed E-state index contributed by atoms with van der Waals surface area (Å²) >= 11 is 0. The zero-order valence-electron chi connectivity index (χ0n) is 17.7. The third kappa shape index (κ3) is 6.60. The zero-order valence-corrected chi connectivity index (χ0v) is 18.6. The van der Waals surface area contributed by atoms with Crippen LogP contribution in [-0.4, -0.2) is 73.7 Å². The quantitative estimate of drug-likeness (QED) is 0.475. The summed E-state index contributed by atoms with van der Waals surface area (Å²) in [7, 11) is -4.10. The molecule has 1 aromatic rings. The molecule has 10 heteroatoms. The van der Waals surface area contributed by atoms with Crippen molar-refractivity contribution >= 4 is 22.1 Å². The molecule has 1 amide bonds. The van der Waals surface area contributed by atoms with Crippen LogP contribution >= 0.6 is 0 Å². The Hall–Kier alpha value is -2.77. The van der Waals surface area contributed by atoms with E-state index in [1.54, 1.807) is 6.92 Å². The molecule has 31 heavy (non-hydrogen) atoms. The summed E-state index contributed by atoms with van der Waals surface area (Å²) in [5.74, 6) is 4.63. The molecule has 1 aromatic carbocycles. The maximum absolute atomic E-state index is 13.2. The van der Waals surface area contributed by atoms with Gasteiger partial charge < -0.3 is 19.5 Å². The molecule has 0 spiro atoms. The van der Waals surface area contributed by atoms with E-state index in [0.29, 0.717) is 5.75 Å². The maximum atomic E-state index is 13.2. The van der Waals surface area contributed by atoms with E-state index in [1.165, 1.54) is 29.2 Å². The van der Waals surface area contributed by atoms with Crippen molar-refractivity contribution in [3.8, 4) is 17.6 Å². The van der Waals surface area contributed by atoms with Gasteiger partial charge in [-0.2, -0.15) is 4.31 Å². The number of carbonyl (C=O) groups is 2. The number of carboxylic acid groups (broad SMARTS) is 1. The molecular weight excluding hydrogens is 424 g/mol. The van der Waals surface area contributed by atoms with Crippen LogP contribution in [0.5, 0.6) is 5.75 Å². The first kappa shape index (κ1) is 24.5. The number of benzene rings is 1. The minimum Gasteiger partial charge on any atom is -0.481 e. The van der Waals surface area contributed by atoms with Gasteiger partial charge in [0.25, 0.3) is 0 Å². The molecule has 1 saturated heterocycles. The third-order valence-electron chi connectivity index (χ3n) is 4.80. The van der Waals surface area contributed by atoms with Gasteiger partial charge in [-0.25, -0.2) is 13.2 Å². The van der Waals surface area contributed by atoms with Crippen LogP contribution < -0.4 is 4.74 Å². The first-order valence-electron chi connectivity index (χ1n) is 10.1. The molecule has 0 saturated carbocycles. The Balaban J connectivity index is 2.17. The second-order valence-electron chi connectivity index (χ2n) is 6.90. The maximum Gasteiger partial charge on any atom is 0.409 e. The molecule has 0 aromatic heterocycles. The van der Waals surface area contributed by atoms with E-state index in [2.05, 4.69) is 11.8 Å². The summed E-state index contributed by atoms with van der Waals surface area (Å²) < 4.78 is 37.9. The highest BCUT2D eigenvalue weighted by molar-refractivity contribution is 7.89. The molecule has 1 aliphatic heterocycles. The van der Waals surface area contributed by atoms with E-state index >= 15 is 0 Å². The van der Waals surface area contributed by atoms with Crippen molar-refractivity contribution in [2.24, 2.45) is 0 Å². The number of hydrogen-bond acceptors (Lipinski definition) is 6. The Labute approximate surface area is 183 Å². The Morgan fingerprint density at radius 2 is 1.90 bits per heavy atom. The number of rotatable bonds is 8. The summed E-state index contributed by atoms with van der Waals surface area (Å²) in [6.07, 6.45) is 1.00. The van der Waals surface area contributed by atoms with E-state index in [4.69, 9.17) is 9.47 Å². The minimum absolute atomic E-state index is 0.0334. The smallest absolute Gasteiger partial charge is 0.409 e. The van der Waals surface area contributed by atoms with E-state index in [0.717, 1.165) is 17.1 Å². The van der Waals surface area contributed by atoms with Crippen LogP contribution in [0.2, 0.25) is 0 Å². The number of carbonyl (C=O) groups excluding carboxylic acids is 1. The Bertz CT molecular complexity index is 919. The van der Waals surface area contributed by atoms with Gasteiger partial charge in [0.1, 0.15) is 18.4 Å². The molecule has 1 aliphatic rings. The van der Waals surface area contributed by atoms with Crippen molar-refractivity contribution in [3.05, 3.63) is 24.3 Å². The molecule has 0 radical (unpaired) electrons. The normalized spacial score (nSPS) is 17.2. The van der Waals surface area contributed by atoms with E-state index in [9.17, 15) is 23.1 Å². The van der Waals surface area contributed by atoms with Crippen LogP contribution in [0.25, 0.3) is 0 Å². The van der Waals surface area contributed by atoms with Gasteiger partial charge in [0, 0.05) is 19.6 Å². The molecule has 170 valence electrons. The average Bonchev–Trinajstić information content (AvgIpc) is 2.98. The third-order valence-corrected chi connectivity index (χ3v) is 6.72. The molecule has 0 aliphatic carbocycles. The molecule has 9 nitrogen and oxygen atoms in total. The van der Waals surface area contributed by atoms with Gasteiger partial charge in [-0.3, -0.25) is 4.79 Å². The number of sulfonamides is 1. The lowest BCUT2D eigenvalue weighted by molar-refractivity contribution is -0.141. The number of carboxylic acids is 1. The second-order valence-corrected chi connectivity index (χ2v) is 8.79.